The Labute approximate surface area is 127 Å². The monoisotopic (exact) mass is 301 g/mol. The van der Waals surface area contributed by atoms with Crippen molar-refractivity contribution in [3.63, 3.8) is 0 Å². The quantitative estimate of drug-likeness (QED) is 0.728. The lowest BCUT2D eigenvalue weighted by Crippen LogP contribution is -2.32. The first-order valence-corrected chi connectivity index (χ1v) is 8.31. The largest absolute Gasteiger partial charge is 0.338 e. The van der Waals surface area contributed by atoms with E-state index in [1.807, 2.05) is 17.8 Å². The van der Waals surface area contributed by atoms with E-state index in [1.165, 1.54) is 22.4 Å². The van der Waals surface area contributed by atoms with Gasteiger partial charge in [-0.05, 0) is 37.7 Å². The average Bonchev–Trinajstić information content (AvgIpc) is 2.89. The van der Waals surface area contributed by atoms with Crippen LogP contribution in [0.5, 0.6) is 0 Å². The van der Waals surface area contributed by atoms with Crippen LogP contribution in [-0.2, 0) is 13.6 Å². The van der Waals surface area contributed by atoms with Crippen molar-refractivity contribution in [1.29, 1.82) is 0 Å². The molecule has 0 N–H and O–H groups in total. The van der Waals surface area contributed by atoms with E-state index in [1.54, 1.807) is 16.0 Å². The lowest BCUT2D eigenvalue weighted by molar-refractivity contribution is 0.179. The summed E-state index contributed by atoms with van der Waals surface area (Å²) in [5.41, 5.74) is 1.98. The molecule has 0 unspecified atom stereocenters. The van der Waals surface area contributed by atoms with Gasteiger partial charge in [0.1, 0.15) is 5.52 Å². The summed E-state index contributed by atoms with van der Waals surface area (Å²) in [6.45, 7) is 5.13. The molecule has 4 nitrogen and oxygen atoms in total. The minimum Gasteiger partial charge on any atom is -0.338 e. The van der Waals surface area contributed by atoms with E-state index in [2.05, 4.69) is 25.0 Å². The molecule has 3 heterocycles. The number of rotatable bonds is 2. The van der Waals surface area contributed by atoms with Gasteiger partial charge in [0, 0.05) is 23.9 Å². The molecule has 0 atom stereocenters. The van der Waals surface area contributed by atoms with Crippen LogP contribution < -0.4 is 5.56 Å². The van der Waals surface area contributed by atoms with Gasteiger partial charge >= 0.3 is 0 Å². The van der Waals surface area contributed by atoms with E-state index in [0.29, 0.717) is 5.92 Å². The second-order valence-corrected chi connectivity index (χ2v) is 7.72. The van der Waals surface area contributed by atoms with Crippen LogP contribution in [0.3, 0.4) is 0 Å². The molecule has 1 fully saturated rings. The molecule has 110 valence electrons. The zero-order valence-corrected chi connectivity index (χ0v) is 13.4. The third-order valence-corrected chi connectivity index (χ3v) is 5.77. The Balaban J connectivity index is 1.86. The lowest BCUT2D eigenvalue weighted by atomic mass is 9.76. The number of hydrogen-bond acceptors (Lipinski definition) is 3. The van der Waals surface area contributed by atoms with Crippen molar-refractivity contribution >= 4 is 32.5 Å². The van der Waals surface area contributed by atoms with Gasteiger partial charge < -0.3 is 4.57 Å². The fourth-order valence-electron chi connectivity index (χ4n) is 3.62. The molecular formula is C16H19N3OS. The SMILES string of the molecule is Cc1cc2c(s1)c1cnn(CC3CC(C)C3)c(=O)c1n2C. The Kier molecular flexibility index (Phi) is 2.76. The standard InChI is InChI=1S/C16H19N3OS/c1-9-4-11(5-9)8-19-16(20)14-12(7-17-19)15-13(18(14)3)6-10(2)21-15/h6-7,9,11H,4-5,8H2,1-3H3. The molecule has 1 saturated carbocycles. The first-order chi connectivity index (χ1) is 10.0. The van der Waals surface area contributed by atoms with E-state index >= 15 is 0 Å². The number of nitrogens with zero attached hydrogens (tertiary/aromatic N) is 3. The van der Waals surface area contributed by atoms with Crippen LogP contribution in [0, 0.1) is 18.8 Å². The maximum atomic E-state index is 12.7. The van der Waals surface area contributed by atoms with Crippen molar-refractivity contribution in [2.24, 2.45) is 18.9 Å². The van der Waals surface area contributed by atoms with Crippen LogP contribution >= 0.6 is 11.3 Å². The predicted octanol–water partition coefficient (Wildman–Crippen LogP) is 3.30. The van der Waals surface area contributed by atoms with Gasteiger partial charge in [-0.1, -0.05) is 6.92 Å². The molecule has 0 spiro atoms. The second kappa shape index (κ2) is 4.44. The number of fused-ring (bicyclic) bond motifs is 3. The van der Waals surface area contributed by atoms with E-state index < -0.39 is 0 Å². The molecule has 0 saturated heterocycles. The van der Waals surface area contributed by atoms with Crippen LogP contribution in [0.25, 0.3) is 21.1 Å². The number of hydrogen-bond donors (Lipinski definition) is 0. The third-order valence-electron chi connectivity index (χ3n) is 4.70. The summed E-state index contributed by atoms with van der Waals surface area (Å²) in [7, 11) is 1.98. The molecule has 1 aliphatic rings. The summed E-state index contributed by atoms with van der Waals surface area (Å²) >= 11 is 1.74. The van der Waals surface area contributed by atoms with Crippen molar-refractivity contribution in [2.75, 3.05) is 0 Å². The molecule has 4 rings (SSSR count). The van der Waals surface area contributed by atoms with Crippen molar-refractivity contribution in [2.45, 2.75) is 33.2 Å². The molecule has 0 radical (unpaired) electrons. The van der Waals surface area contributed by atoms with E-state index in [0.717, 1.165) is 28.9 Å². The summed E-state index contributed by atoms with van der Waals surface area (Å²) < 4.78 is 4.87. The van der Waals surface area contributed by atoms with Gasteiger partial charge in [0.15, 0.2) is 0 Å². The number of thiophene rings is 1. The molecule has 3 aromatic heterocycles. The maximum Gasteiger partial charge on any atom is 0.291 e. The van der Waals surface area contributed by atoms with Gasteiger partial charge in [0.25, 0.3) is 5.56 Å². The van der Waals surface area contributed by atoms with Gasteiger partial charge in [0.2, 0.25) is 0 Å². The van der Waals surface area contributed by atoms with Crippen LogP contribution in [-0.4, -0.2) is 14.3 Å². The average molecular weight is 301 g/mol. The number of aryl methyl sites for hydroxylation is 2. The summed E-state index contributed by atoms with van der Waals surface area (Å²) in [6, 6.07) is 2.15. The summed E-state index contributed by atoms with van der Waals surface area (Å²) in [5.74, 6) is 1.42. The molecule has 0 amide bonds. The first kappa shape index (κ1) is 13.1. The predicted molar refractivity (Wildman–Crippen MR) is 87.0 cm³/mol. The molecule has 0 aliphatic heterocycles. The van der Waals surface area contributed by atoms with Gasteiger partial charge in [-0.15, -0.1) is 11.3 Å². The van der Waals surface area contributed by atoms with Crippen molar-refractivity contribution in [1.82, 2.24) is 14.3 Å². The highest BCUT2D eigenvalue weighted by molar-refractivity contribution is 7.20. The number of aromatic nitrogens is 3. The van der Waals surface area contributed by atoms with E-state index in [-0.39, 0.29) is 5.56 Å². The zero-order valence-electron chi connectivity index (χ0n) is 12.6. The molecule has 0 bridgehead atoms. The summed E-state index contributed by atoms with van der Waals surface area (Å²) in [4.78, 5) is 14.0. The summed E-state index contributed by atoms with van der Waals surface area (Å²) in [6.07, 6.45) is 4.30. The fraction of sp³-hybridized carbons (Fsp3) is 0.500. The Morgan fingerprint density at radius 1 is 1.43 bits per heavy atom. The minimum absolute atomic E-state index is 0.0515. The molecule has 1 aliphatic carbocycles. The van der Waals surface area contributed by atoms with E-state index in [9.17, 15) is 4.79 Å². The molecule has 21 heavy (non-hydrogen) atoms. The van der Waals surface area contributed by atoms with Crippen molar-refractivity contribution < 1.29 is 0 Å². The molecular weight excluding hydrogens is 282 g/mol. The smallest absolute Gasteiger partial charge is 0.291 e. The van der Waals surface area contributed by atoms with Crippen LogP contribution in [0.2, 0.25) is 0 Å². The van der Waals surface area contributed by atoms with Gasteiger partial charge in [0.05, 0.1) is 16.4 Å². The van der Waals surface area contributed by atoms with Crippen LogP contribution in [0.15, 0.2) is 17.1 Å². The van der Waals surface area contributed by atoms with Crippen LogP contribution in [0.1, 0.15) is 24.6 Å². The molecule has 0 aromatic carbocycles. The maximum absolute atomic E-state index is 12.7. The topological polar surface area (TPSA) is 39.8 Å². The van der Waals surface area contributed by atoms with Gasteiger partial charge in [-0.3, -0.25) is 4.79 Å². The highest BCUT2D eigenvalue weighted by Crippen LogP contribution is 2.35. The molecule has 3 aromatic rings. The Morgan fingerprint density at radius 2 is 2.19 bits per heavy atom. The normalized spacial score (nSPS) is 22.0. The van der Waals surface area contributed by atoms with Crippen LogP contribution in [0.4, 0.5) is 0 Å². The van der Waals surface area contributed by atoms with Crippen molar-refractivity contribution in [3.05, 3.63) is 27.5 Å². The first-order valence-electron chi connectivity index (χ1n) is 7.49. The second-order valence-electron chi connectivity index (χ2n) is 6.47. The third kappa shape index (κ3) is 1.87. The minimum atomic E-state index is 0.0515. The van der Waals surface area contributed by atoms with Crippen molar-refractivity contribution in [3.8, 4) is 0 Å². The zero-order chi connectivity index (χ0) is 14.7. The Hall–Kier alpha value is -1.62. The fourth-order valence-corrected chi connectivity index (χ4v) is 4.68. The van der Waals surface area contributed by atoms with E-state index in [4.69, 9.17) is 0 Å². The Morgan fingerprint density at radius 3 is 2.90 bits per heavy atom. The highest BCUT2D eigenvalue weighted by atomic mass is 32.1. The summed E-state index contributed by atoms with van der Waals surface area (Å²) in [5, 5.41) is 5.42. The lowest BCUT2D eigenvalue weighted by Gasteiger charge is -2.32. The Bertz CT molecular complexity index is 896. The van der Waals surface area contributed by atoms with Gasteiger partial charge in [-0.2, -0.15) is 5.10 Å². The highest BCUT2D eigenvalue weighted by Gasteiger charge is 2.26. The van der Waals surface area contributed by atoms with Gasteiger partial charge in [-0.25, -0.2) is 4.68 Å². The molecule has 5 heteroatoms.